The van der Waals surface area contributed by atoms with E-state index in [2.05, 4.69) is 31.5 Å². The van der Waals surface area contributed by atoms with Crippen LogP contribution in [0.25, 0.3) is 0 Å². The SMILES string of the molecule is CC(C(=O)N1CCC(c2nnc3n2CCNC3)CC1)c1ccsc1. The molecule has 4 rings (SSSR count). The van der Waals surface area contributed by atoms with Crippen LogP contribution < -0.4 is 5.32 Å². The number of carbonyl (C=O) groups is 1. The lowest BCUT2D eigenvalue weighted by atomic mass is 9.94. The number of hydrogen-bond donors (Lipinski definition) is 1. The zero-order chi connectivity index (χ0) is 16.5. The number of amides is 1. The molecule has 0 spiro atoms. The van der Waals surface area contributed by atoms with Gasteiger partial charge in [0.25, 0.3) is 0 Å². The van der Waals surface area contributed by atoms with Gasteiger partial charge in [-0.25, -0.2) is 0 Å². The fourth-order valence-corrected chi connectivity index (χ4v) is 4.47. The second-order valence-corrected chi connectivity index (χ2v) is 7.46. The Morgan fingerprint density at radius 3 is 2.92 bits per heavy atom. The number of fused-ring (bicyclic) bond motifs is 1. The zero-order valence-electron chi connectivity index (χ0n) is 13.9. The summed E-state index contributed by atoms with van der Waals surface area (Å²) >= 11 is 1.65. The Balaban J connectivity index is 1.40. The molecule has 128 valence electrons. The fourth-order valence-electron chi connectivity index (χ4n) is 3.71. The van der Waals surface area contributed by atoms with Crippen LogP contribution in [0.3, 0.4) is 0 Å². The van der Waals surface area contributed by atoms with E-state index >= 15 is 0 Å². The number of nitrogens with zero attached hydrogens (tertiary/aromatic N) is 4. The molecule has 2 aliphatic heterocycles. The molecule has 0 bridgehead atoms. The van der Waals surface area contributed by atoms with Crippen LogP contribution in [-0.4, -0.2) is 45.2 Å². The van der Waals surface area contributed by atoms with Crippen molar-refractivity contribution in [3.05, 3.63) is 34.0 Å². The number of aromatic nitrogens is 3. The van der Waals surface area contributed by atoms with E-state index in [0.717, 1.165) is 62.8 Å². The number of rotatable bonds is 3. The van der Waals surface area contributed by atoms with E-state index in [1.54, 1.807) is 11.3 Å². The van der Waals surface area contributed by atoms with Gasteiger partial charge in [-0.05, 0) is 42.2 Å². The Bertz CT molecular complexity index is 703. The lowest BCUT2D eigenvalue weighted by Crippen LogP contribution is -2.40. The van der Waals surface area contributed by atoms with Gasteiger partial charge in [0.05, 0.1) is 12.5 Å². The molecule has 2 aliphatic rings. The van der Waals surface area contributed by atoms with Gasteiger partial charge in [0, 0.05) is 32.1 Å². The summed E-state index contributed by atoms with van der Waals surface area (Å²) in [7, 11) is 0. The molecule has 1 amide bonds. The average molecular weight is 345 g/mol. The van der Waals surface area contributed by atoms with Crippen molar-refractivity contribution in [2.75, 3.05) is 19.6 Å². The van der Waals surface area contributed by atoms with Crippen LogP contribution >= 0.6 is 11.3 Å². The van der Waals surface area contributed by atoms with Crippen LogP contribution in [0, 0.1) is 0 Å². The molecule has 1 atom stereocenters. The van der Waals surface area contributed by atoms with Gasteiger partial charge in [-0.15, -0.1) is 10.2 Å². The second kappa shape index (κ2) is 6.64. The smallest absolute Gasteiger partial charge is 0.229 e. The van der Waals surface area contributed by atoms with Crippen LogP contribution in [0.5, 0.6) is 0 Å². The van der Waals surface area contributed by atoms with E-state index in [1.165, 1.54) is 0 Å². The Morgan fingerprint density at radius 2 is 2.17 bits per heavy atom. The minimum atomic E-state index is -0.0419. The molecule has 6 nitrogen and oxygen atoms in total. The standard InChI is InChI=1S/C17H23N5OS/c1-12(14-4-9-24-11-14)17(23)21-6-2-13(3-7-21)16-20-19-15-10-18-5-8-22(15)16/h4,9,11-13,18H,2-3,5-8,10H2,1H3. The Hall–Kier alpha value is -1.73. The first-order valence-electron chi connectivity index (χ1n) is 8.67. The van der Waals surface area contributed by atoms with E-state index in [4.69, 9.17) is 0 Å². The number of likely N-dealkylation sites (tertiary alicyclic amines) is 1. The maximum atomic E-state index is 12.7. The fraction of sp³-hybridized carbons (Fsp3) is 0.588. The molecule has 24 heavy (non-hydrogen) atoms. The highest BCUT2D eigenvalue weighted by atomic mass is 32.1. The number of hydrogen-bond acceptors (Lipinski definition) is 5. The largest absolute Gasteiger partial charge is 0.342 e. The summed E-state index contributed by atoms with van der Waals surface area (Å²) in [5.74, 6) is 2.79. The molecule has 2 aromatic heterocycles. The molecule has 0 aliphatic carbocycles. The molecule has 0 aromatic carbocycles. The van der Waals surface area contributed by atoms with Crippen LogP contribution in [-0.2, 0) is 17.9 Å². The van der Waals surface area contributed by atoms with E-state index in [9.17, 15) is 4.79 Å². The van der Waals surface area contributed by atoms with Crippen LogP contribution in [0.4, 0.5) is 0 Å². The Labute approximate surface area is 145 Å². The van der Waals surface area contributed by atoms with Crippen molar-refractivity contribution in [2.45, 2.75) is 44.7 Å². The maximum Gasteiger partial charge on any atom is 0.229 e. The third kappa shape index (κ3) is 2.86. The first kappa shape index (κ1) is 15.8. The summed E-state index contributed by atoms with van der Waals surface area (Å²) in [4.78, 5) is 14.7. The Kier molecular flexibility index (Phi) is 4.37. The molecule has 1 unspecified atom stereocenters. The third-order valence-electron chi connectivity index (χ3n) is 5.24. The molecule has 2 aromatic rings. The van der Waals surface area contributed by atoms with Crippen molar-refractivity contribution < 1.29 is 4.79 Å². The predicted molar refractivity (Wildman–Crippen MR) is 93.0 cm³/mol. The van der Waals surface area contributed by atoms with E-state index < -0.39 is 0 Å². The molecule has 1 fully saturated rings. The maximum absolute atomic E-state index is 12.7. The first-order chi connectivity index (χ1) is 11.7. The molecule has 0 radical (unpaired) electrons. The molecular weight excluding hydrogens is 322 g/mol. The van der Waals surface area contributed by atoms with Crippen molar-refractivity contribution in [2.24, 2.45) is 0 Å². The lowest BCUT2D eigenvalue weighted by molar-refractivity contribution is -0.133. The highest BCUT2D eigenvalue weighted by molar-refractivity contribution is 7.08. The molecule has 4 heterocycles. The predicted octanol–water partition coefficient (Wildman–Crippen LogP) is 1.95. The van der Waals surface area contributed by atoms with Gasteiger partial charge in [-0.2, -0.15) is 11.3 Å². The van der Waals surface area contributed by atoms with Crippen LogP contribution in [0.1, 0.15) is 48.8 Å². The minimum Gasteiger partial charge on any atom is -0.342 e. The lowest BCUT2D eigenvalue weighted by Gasteiger charge is -2.33. The second-order valence-electron chi connectivity index (χ2n) is 6.68. The molecule has 7 heteroatoms. The average Bonchev–Trinajstić information content (AvgIpc) is 3.30. The van der Waals surface area contributed by atoms with Crippen LogP contribution in [0.15, 0.2) is 16.8 Å². The number of piperidine rings is 1. The van der Waals surface area contributed by atoms with Crippen molar-refractivity contribution in [3.63, 3.8) is 0 Å². The normalized spacial score (nSPS) is 20.0. The van der Waals surface area contributed by atoms with Crippen molar-refractivity contribution in [1.29, 1.82) is 0 Å². The monoisotopic (exact) mass is 345 g/mol. The quantitative estimate of drug-likeness (QED) is 0.924. The minimum absolute atomic E-state index is 0.0419. The van der Waals surface area contributed by atoms with Gasteiger partial charge in [-0.1, -0.05) is 0 Å². The summed E-state index contributed by atoms with van der Waals surface area (Å²) in [6.07, 6.45) is 1.96. The van der Waals surface area contributed by atoms with Crippen molar-refractivity contribution in [3.8, 4) is 0 Å². The molecule has 0 saturated carbocycles. The molecule has 1 saturated heterocycles. The topological polar surface area (TPSA) is 63.1 Å². The summed E-state index contributed by atoms with van der Waals surface area (Å²) < 4.78 is 2.27. The highest BCUT2D eigenvalue weighted by Crippen LogP contribution is 2.30. The van der Waals surface area contributed by atoms with Crippen molar-refractivity contribution in [1.82, 2.24) is 25.0 Å². The van der Waals surface area contributed by atoms with Gasteiger partial charge < -0.3 is 14.8 Å². The third-order valence-corrected chi connectivity index (χ3v) is 5.94. The van der Waals surface area contributed by atoms with Crippen molar-refractivity contribution >= 4 is 17.2 Å². The molecular formula is C17H23N5OS. The summed E-state index contributed by atoms with van der Waals surface area (Å²) in [5, 5.41) is 16.2. The van der Waals surface area contributed by atoms with Gasteiger partial charge >= 0.3 is 0 Å². The van der Waals surface area contributed by atoms with E-state index in [1.807, 2.05) is 17.2 Å². The van der Waals surface area contributed by atoms with E-state index in [-0.39, 0.29) is 11.8 Å². The zero-order valence-corrected chi connectivity index (χ0v) is 14.8. The number of carbonyl (C=O) groups excluding carboxylic acids is 1. The van der Waals surface area contributed by atoms with Gasteiger partial charge in [0.15, 0.2) is 0 Å². The molecule has 1 N–H and O–H groups in total. The number of thiophene rings is 1. The first-order valence-corrected chi connectivity index (χ1v) is 9.62. The summed E-state index contributed by atoms with van der Waals surface area (Å²) in [5.41, 5.74) is 1.13. The number of nitrogens with one attached hydrogen (secondary N) is 1. The van der Waals surface area contributed by atoms with Gasteiger partial charge in [0.1, 0.15) is 11.6 Å². The summed E-state index contributed by atoms with van der Waals surface area (Å²) in [6, 6.07) is 2.05. The van der Waals surface area contributed by atoms with Gasteiger partial charge in [-0.3, -0.25) is 4.79 Å². The Morgan fingerprint density at radius 1 is 1.33 bits per heavy atom. The summed E-state index contributed by atoms with van der Waals surface area (Å²) in [6.45, 7) is 6.39. The van der Waals surface area contributed by atoms with Gasteiger partial charge in [0.2, 0.25) is 5.91 Å². The highest BCUT2D eigenvalue weighted by Gasteiger charge is 2.30. The van der Waals surface area contributed by atoms with E-state index in [0.29, 0.717) is 5.92 Å². The van der Waals surface area contributed by atoms with Crippen LogP contribution in [0.2, 0.25) is 0 Å².